The topological polar surface area (TPSA) is 68.4 Å². The van der Waals surface area contributed by atoms with Crippen molar-refractivity contribution >= 4 is 61.2 Å². The number of benzene rings is 6. The van der Waals surface area contributed by atoms with Gasteiger partial charge >= 0.3 is 0 Å². The van der Waals surface area contributed by atoms with E-state index in [4.69, 9.17) is 18.2 Å². The number of furan rings is 1. The fourth-order valence-corrected chi connectivity index (χ4v) is 5.81. The Hall–Kier alpha value is -6.14. The summed E-state index contributed by atoms with van der Waals surface area (Å²) < 4.78 is 18.3. The fraction of sp³-hybridized carbons (Fsp3) is 0. The Kier molecular flexibility index (Phi) is 5.40. The summed E-state index contributed by atoms with van der Waals surface area (Å²) in [6.07, 6.45) is 0. The van der Waals surface area contributed by atoms with E-state index in [0.29, 0.717) is 11.8 Å². The van der Waals surface area contributed by atoms with E-state index in [1.54, 1.807) is 0 Å². The molecular weight excluding hydrogens is 546 g/mol. The Morgan fingerprint density at radius 2 is 0.909 bits per heavy atom. The summed E-state index contributed by atoms with van der Waals surface area (Å²) in [5, 5.41) is 2.01. The molecule has 0 spiro atoms. The average Bonchev–Trinajstić information content (AvgIpc) is 3.80. The third-order valence-electron chi connectivity index (χ3n) is 7.93. The second-order valence-electron chi connectivity index (χ2n) is 10.7. The maximum Gasteiger partial charge on any atom is 0.227 e. The minimum Gasteiger partial charge on any atom is -0.456 e. The number of hydrogen-bond acceptors (Lipinski definition) is 6. The van der Waals surface area contributed by atoms with Crippen molar-refractivity contribution < 1.29 is 13.3 Å². The number of aromatic nitrogens is 2. The lowest BCUT2D eigenvalue weighted by atomic mass is 10.1. The van der Waals surface area contributed by atoms with Gasteiger partial charge in [0.25, 0.3) is 0 Å². The third-order valence-corrected chi connectivity index (χ3v) is 7.93. The van der Waals surface area contributed by atoms with Crippen LogP contribution in [0.25, 0.3) is 67.0 Å². The van der Waals surface area contributed by atoms with Gasteiger partial charge < -0.3 is 18.2 Å². The summed E-state index contributed by atoms with van der Waals surface area (Å²) in [6.45, 7) is 0. The molecule has 6 nitrogen and oxygen atoms in total. The van der Waals surface area contributed by atoms with Crippen LogP contribution in [0.2, 0.25) is 0 Å². The summed E-state index contributed by atoms with van der Waals surface area (Å²) in [5.74, 6) is 1.19. The zero-order chi connectivity index (χ0) is 29.0. The van der Waals surface area contributed by atoms with E-state index in [1.165, 1.54) is 0 Å². The van der Waals surface area contributed by atoms with Gasteiger partial charge in [-0.25, -0.2) is 9.97 Å². The highest BCUT2D eigenvalue weighted by molar-refractivity contribution is 6.07. The molecule has 6 heteroatoms. The van der Waals surface area contributed by atoms with Crippen LogP contribution in [0.5, 0.6) is 0 Å². The van der Waals surface area contributed by atoms with E-state index in [-0.39, 0.29) is 0 Å². The molecule has 6 aromatic carbocycles. The number of hydrogen-bond donors (Lipinski definition) is 0. The van der Waals surface area contributed by atoms with E-state index in [2.05, 4.69) is 52.3 Å². The molecule has 0 aliphatic rings. The van der Waals surface area contributed by atoms with Crippen LogP contribution in [0.1, 0.15) is 0 Å². The lowest BCUT2D eigenvalue weighted by molar-refractivity contribution is 0.619. The number of fused-ring (bicyclic) bond motifs is 5. The standard InChI is InChI=1S/C38H23N3O3/c1-2-8-26(9-3-1)41(27-17-14-24(15-18-27)37-39-31-10-4-6-12-35(31)43-37)28-19-21-34-30(23-28)29-22-25(16-20-33(29)42-34)38-40-32-11-5-7-13-36(32)44-38/h1-23H. The molecule has 3 aromatic heterocycles. The van der Waals surface area contributed by atoms with Gasteiger partial charge in [0, 0.05) is 39.0 Å². The first-order chi connectivity index (χ1) is 21.8. The number of anilines is 3. The van der Waals surface area contributed by atoms with Gasteiger partial charge in [-0.2, -0.15) is 0 Å². The van der Waals surface area contributed by atoms with Crippen molar-refractivity contribution in [3.05, 3.63) is 140 Å². The molecule has 44 heavy (non-hydrogen) atoms. The summed E-state index contributed by atoms with van der Waals surface area (Å²) in [4.78, 5) is 11.6. The molecule has 0 N–H and O–H groups in total. The Labute approximate surface area is 251 Å². The third kappa shape index (κ3) is 4.04. The van der Waals surface area contributed by atoms with E-state index in [0.717, 1.165) is 72.3 Å². The Morgan fingerprint density at radius 1 is 0.386 bits per heavy atom. The molecule has 0 aliphatic heterocycles. The molecule has 0 bridgehead atoms. The molecule has 0 atom stereocenters. The van der Waals surface area contributed by atoms with Crippen LogP contribution >= 0.6 is 0 Å². The number of nitrogens with zero attached hydrogens (tertiary/aromatic N) is 3. The second kappa shape index (κ2) is 9.71. The lowest BCUT2D eigenvalue weighted by Crippen LogP contribution is -2.09. The Balaban J connectivity index is 1.15. The smallest absolute Gasteiger partial charge is 0.227 e. The molecule has 208 valence electrons. The molecule has 9 aromatic rings. The molecule has 0 saturated carbocycles. The summed E-state index contributed by atoms with van der Waals surface area (Å²) >= 11 is 0. The van der Waals surface area contributed by atoms with E-state index < -0.39 is 0 Å². The summed E-state index contributed by atoms with van der Waals surface area (Å²) in [6, 6.07) is 46.6. The van der Waals surface area contributed by atoms with Crippen LogP contribution in [0.4, 0.5) is 17.1 Å². The Bertz CT molecular complexity index is 2390. The molecule has 0 unspecified atom stereocenters. The summed E-state index contributed by atoms with van der Waals surface area (Å²) in [5.41, 5.74) is 9.73. The first-order valence-corrected chi connectivity index (χ1v) is 14.4. The monoisotopic (exact) mass is 569 g/mol. The van der Waals surface area contributed by atoms with Gasteiger partial charge in [0.2, 0.25) is 11.8 Å². The average molecular weight is 570 g/mol. The van der Waals surface area contributed by atoms with Gasteiger partial charge in [-0.05, 0) is 97.1 Å². The molecule has 9 rings (SSSR count). The number of oxazole rings is 2. The fourth-order valence-electron chi connectivity index (χ4n) is 5.81. The van der Waals surface area contributed by atoms with Crippen molar-refractivity contribution in [2.75, 3.05) is 4.90 Å². The van der Waals surface area contributed by atoms with Crippen molar-refractivity contribution in [3.63, 3.8) is 0 Å². The Morgan fingerprint density at radius 3 is 1.59 bits per heavy atom. The maximum absolute atomic E-state index is 6.25. The molecule has 0 fully saturated rings. The molecule has 0 aliphatic carbocycles. The lowest BCUT2D eigenvalue weighted by Gasteiger charge is -2.25. The minimum atomic E-state index is 0.587. The van der Waals surface area contributed by atoms with Crippen molar-refractivity contribution in [1.82, 2.24) is 9.97 Å². The quantitative estimate of drug-likeness (QED) is 0.205. The first kappa shape index (κ1) is 24.5. The molecular formula is C38H23N3O3. The normalized spacial score (nSPS) is 11.6. The highest BCUT2D eigenvalue weighted by Crippen LogP contribution is 2.40. The SMILES string of the molecule is c1ccc(N(c2ccc(-c3nc4ccccc4o3)cc2)c2ccc3oc4ccc(-c5nc6ccccc6o5)cc4c3c2)cc1. The van der Waals surface area contributed by atoms with Crippen molar-refractivity contribution in [3.8, 4) is 22.9 Å². The predicted octanol–water partition coefficient (Wildman–Crippen LogP) is 10.7. The first-order valence-electron chi connectivity index (χ1n) is 14.4. The van der Waals surface area contributed by atoms with Crippen LogP contribution < -0.4 is 4.90 Å². The van der Waals surface area contributed by atoms with Gasteiger partial charge in [0.1, 0.15) is 22.2 Å². The van der Waals surface area contributed by atoms with Crippen LogP contribution in [0.15, 0.2) is 153 Å². The van der Waals surface area contributed by atoms with E-state index >= 15 is 0 Å². The predicted molar refractivity (Wildman–Crippen MR) is 174 cm³/mol. The molecule has 3 heterocycles. The van der Waals surface area contributed by atoms with Crippen LogP contribution in [0, 0.1) is 0 Å². The van der Waals surface area contributed by atoms with Crippen LogP contribution in [-0.4, -0.2) is 9.97 Å². The van der Waals surface area contributed by atoms with E-state index in [9.17, 15) is 0 Å². The highest BCUT2D eigenvalue weighted by Gasteiger charge is 2.17. The van der Waals surface area contributed by atoms with Crippen molar-refractivity contribution in [1.29, 1.82) is 0 Å². The largest absolute Gasteiger partial charge is 0.456 e. The summed E-state index contributed by atoms with van der Waals surface area (Å²) in [7, 11) is 0. The number of rotatable bonds is 5. The minimum absolute atomic E-state index is 0.587. The zero-order valence-corrected chi connectivity index (χ0v) is 23.3. The number of para-hydroxylation sites is 5. The van der Waals surface area contributed by atoms with Gasteiger partial charge in [-0.3, -0.25) is 0 Å². The molecule has 0 saturated heterocycles. The van der Waals surface area contributed by atoms with Gasteiger partial charge in [0.05, 0.1) is 0 Å². The molecule has 0 amide bonds. The van der Waals surface area contributed by atoms with Crippen molar-refractivity contribution in [2.24, 2.45) is 0 Å². The molecule has 0 radical (unpaired) electrons. The zero-order valence-electron chi connectivity index (χ0n) is 23.3. The maximum atomic E-state index is 6.25. The van der Waals surface area contributed by atoms with Gasteiger partial charge in [-0.1, -0.05) is 42.5 Å². The second-order valence-corrected chi connectivity index (χ2v) is 10.7. The van der Waals surface area contributed by atoms with Crippen LogP contribution in [0.3, 0.4) is 0 Å². The van der Waals surface area contributed by atoms with Crippen LogP contribution in [-0.2, 0) is 0 Å². The van der Waals surface area contributed by atoms with E-state index in [1.807, 2.05) is 97.1 Å². The highest BCUT2D eigenvalue weighted by atomic mass is 16.4. The van der Waals surface area contributed by atoms with Gasteiger partial charge in [-0.15, -0.1) is 0 Å². The van der Waals surface area contributed by atoms with Crippen molar-refractivity contribution in [2.45, 2.75) is 0 Å². The van der Waals surface area contributed by atoms with Gasteiger partial charge in [0.15, 0.2) is 11.2 Å².